The molecule has 1 aromatic heterocycles. The summed E-state index contributed by atoms with van der Waals surface area (Å²) >= 11 is 0. The van der Waals surface area contributed by atoms with Gasteiger partial charge in [0.05, 0.1) is 19.8 Å². The van der Waals surface area contributed by atoms with E-state index in [0.717, 1.165) is 62.0 Å². The van der Waals surface area contributed by atoms with Crippen LogP contribution in [0.3, 0.4) is 0 Å². The first-order valence-corrected chi connectivity index (χ1v) is 9.29. The van der Waals surface area contributed by atoms with Crippen LogP contribution in [-0.4, -0.2) is 47.9 Å². The SMILES string of the molecule is CCn1ccnc1CN(C)Cc1cc(OCC2CCCO2)ccc1OC. The molecule has 0 saturated carbocycles. The molecule has 1 atom stereocenters. The Morgan fingerprint density at radius 2 is 2.23 bits per heavy atom. The summed E-state index contributed by atoms with van der Waals surface area (Å²) in [6.45, 7) is 6.06. The minimum Gasteiger partial charge on any atom is -0.496 e. The zero-order chi connectivity index (χ0) is 18.4. The average Bonchev–Trinajstić information content (AvgIpc) is 3.31. The Kier molecular flexibility index (Phi) is 6.52. The molecule has 0 N–H and O–H groups in total. The van der Waals surface area contributed by atoms with Gasteiger partial charge in [0, 0.05) is 37.7 Å². The number of aromatic nitrogens is 2. The monoisotopic (exact) mass is 359 g/mol. The van der Waals surface area contributed by atoms with Crippen molar-refractivity contribution in [2.24, 2.45) is 0 Å². The van der Waals surface area contributed by atoms with E-state index in [1.165, 1.54) is 0 Å². The molecule has 6 heteroatoms. The van der Waals surface area contributed by atoms with Crippen LogP contribution in [-0.2, 0) is 24.4 Å². The van der Waals surface area contributed by atoms with E-state index in [0.29, 0.717) is 6.61 Å². The first kappa shape index (κ1) is 18.7. The van der Waals surface area contributed by atoms with Gasteiger partial charge >= 0.3 is 0 Å². The number of benzene rings is 1. The highest BCUT2D eigenvalue weighted by Gasteiger charge is 2.17. The van der Waals surface area contributed by atoms with Gasteiger partial charge in [0.15, 0.2) is 0 Å². The van der Waals surface area contributed by atoms with Crippen molar-refractivity contribution in [3.63, 3.8) is 0 Å². The van der Waals surface area contributed by atoms with E-state index < -0.39 is 0 Å². The van der Waals surface area contributed by atoms with Gasteiger partial charge in [-0.2, -0.15) is 0 Å². The number of hydrogen-bond acceptors (Lipinski definition) is 5. The summed E-state index contributed by atoms with van der Waals surface area (Å²) in [5.41, 5.74) is 1.11. The van der Waals surface area contributed by atoms with E-state index in [-0.39, 0.29) is 6.10 Å². The Labute approximate surface area is 155 Å². The summed E-state index contributed by atoms with van der Waals surface area (Å²) in [5.74, 6) is 2.81. The van der Waals surface area contributed by atoms with Gasteiger partial charge < -0.3 is 18.8 Å². The number of nitrogens with zero attached hydrogens (tertiary/aromatic N) is 3. The third kappa shape index (κ3) is 4.77. The predicted octanol–water partition coefficient (Wildman–Crippen LogP) is 3.10. The van der Waals surface area contributed by atoms with E-state index in [2.05, 4.69) is 34.5 Å². The molecule has 0 amide bonds. The molecular weight excluding hydrogens is 330 g/mol. The number of hydrogen-bond donors (Lipinski definition) is 0. The van der Waals surface area contributed by atoms with Crippen molar-refractivity contribution < 1.29 is 14.2 Å². The molecular formula is C20H29N3O3. The van der Waals surface area contributed by atoms with E-state index >= 15 is 0 Å². The van der Waals surface area contributed by atoms with Crippen LogP contribution in [0, 0.1) is 0 Å². The van der Waals surface area contributed by atoms with Crippen molar-refractivity contribution in [3.8, 4) is 11.5 Å². The summed E-state index contributed by atoms with van der Waals surface area (Å²) < 4.78 is 19.3. The van der Waals surface area contributed by atoms with Gasteiger partial charge in [-0.15, -0.1) is 0 Å². The molecule has 1 aliphatic heterocycles. The van der Waals surface area contributed by atoms with Crippen LogP contribution in [0.25, 0.3) is 0 Å². The summed E-state index contributed by atoms with van der Waals surface area (Å²) in [7, 11) is 3.80. The van der Waals surface area contributed by atoms with Crippen molar-refractivity contribution in [1.82, 2.24) is 14.5 Å². The first-order chi connectivity index (χ1) is 12.7. The highest BCUT2D eigenvalue weighted by atomic mass is 16.5. The van der Waals surface area contributed by atoms with Crippen LogP contribution in [0.1, 0.15) is 31.2 Å². The minimum absolute atomic E-state index is 0.219. The zero-order valence-electron chi connectivity index (χ0n) is 16.0. The fourth-order valence-corrected chi connectivity index (χ4v) is 3.30. The molecule has 3 rings (SSSR count). The lowest BCUT2D eigenvalue weighted by Crippen LogP contribution is -2.20. The normalized spacial score (nSPS) is 17.0. The standard InChI is InChI=1S/C20H29N3O3/c1-4-23-10-9-21-20(23)14-22(2)13-16-12-17(7-8-19(16)24-3)26-15-18-6-5-11-25-18/h7-10,12,18H,4-6,11,13-15H2,1-3H3. The van der Waals surface area contributed by atoms with E-state index in [1.807, 2.05) is 24.5 Å². The molecule has 142 valence electrons. The fourth-order valence-electron chi connectivity index (χ4n) is 3.30. The molecule has 0 bridgehead atoms. The van der Waals surface area contributed by atoms with Gasteiger partial charge in [0.1, 0.15) is 23.9 Å². The van der Waals surface area contributed by atoms with Crippen LogP contribution in [0.2, 0.25) is 0 Å². The number of imidazole rings is 1. The quantitative estimate of drug-likeness (QED) is 0.689. The average molecular weight is 359 g/mol. The van der Waals surface area contributed by atoms with E-state index in [9.17, 15) is 0 Å². The second kappa shape index (κ2) is 9.05. The van der Waals surface area contributed by atoms with Gasteiger partial charge in [-0.25, -0.2) is 4.98 Å². The van der Waals surface area contributed by atoms with Gasteiger partial charge in [-0.05, 0) is 45.0 Å². The highest BCUT2D eigenvalue weighted by Crippen LogP contribution is 2.26. The summed E-state index contributed by atoms with van der Waals surface area (Å²) in [4.78, 5) is 6.69. The third-order valence-electron chi connectivity index (χ3n) is 4.71. The molecule has 1 saturated heterocycles. The Hall–Kier alpha value is -2.05. The molecule has 1 unspecified atom stereocenters. The van der Waals surface area contributed by atoms with E-state index in [4.69, 9.17) is 14.2 Å². The number of aryl methyl sites for hydroxylation is 1. The summed E-state index contributed by atoms with van der Waals surface area (Å²) in [5, 5.41) is 0. The topological polar surface area (TPSA) is 48.8 Å². The third-order valence-corrected chi connectivity index (χ3v) is 4.71. The molecule has 0 aliphatic carbocycles. The number of ether oxygens (including phenoxy) is 3. The van der Waals surface area contributed by atoms with Gasteiger partial charge in [0.25, 0.3) is 0 Å². The van der Waals surface area contributed by atoms with Crippen LogP contribution in [0.4, 0.5) is 0 Å². The maximum absolute atomic E-state index is 5.94. The Morgan fingerprint density at radius 3 is 2.96 bits per heavy atom. The van der Waals surface area contributed by atoms with Crippen LogP contribution in [0.15, 0.2) is 30.6 Å². The Bertz CT molecular complexity index is 695. The second-order valence-electron chi connectivity index (χ2n) is 6.72. The van der Waals surface area contributed by atoms with Crippen LogP contribution < -0.4 is 9.47 Å². The molecule has 1 aliphatic rings. The minimum atomic E-state index is 0.219. The Balaban J connectivity index is 1.63. The highest BCUT2D eigenvalue weighted by molar-refractivity contribution is 5.40. The van der Waals surface area contributed by atoms with Gasteiger partial charge in [0.2, 0.25) is 0 Å². The largest absolute Gasteiger partial charge is 0.496 e. The molecule has 0 spiro atoms. The van der Waals surface area contributed by atoms with Gasteiger partial charge in [-0.1, -0.05) is 0 Å². The lowest BCUT2D eigenvalue weighted by Gasteiger charge is -2.20. The van der Waals surface area contributed by atoms with Crippen LogP contribution >= 0.6 is 0 Å². The zero-order valence-corrected chi connectivity index (χ0v) is 16.0. The van der Waals surface area contributed by atoms with Crippen molar-refractivity contribution in [2.75, 3.05) is 27.4 Å². The summed E-state index contributed by atoms with van der Waals surface area (Å²) in [6, 6.07) is 6.00. The molecule has 2 aromatic rings. The second-order valence-corrected chi connectivity index (χ2v) is 6.72. The van der Waals surface area contributed by atoms with E-state index in [1.54, 1.807) is 7.11 Å². The van der Waals surface area contributed by atoms with Crippen molar-refractivity contribution in [1.29, 1.82) is 0 Å². The summed E-state index contributed by atoms with van der Waals surface area (Å²) in [6.07, 6.45) is 6.29. The van der Waals surface area contributed by atoms with Crippen molar-refractivity contribution in [3.05, 3.63) is 42.0 Å². The molecule has 0 radical (unpaired) electrons. The lowest BCUT2D eigenvalue weighted by molar-refractivity contribution is 0.0679. The molecule has 26 heavy (non-hydrogen) atoms. The number of methoxy groups -OCH3 is 1. The molecule has 1 fully saturated rings. The van der Waals surface area contributed by atoms with Crippen molar-refractivity contribution >= 4 is 0 Å². The maximum atomic E-state index is 5.94. The number of rotatable bonds is 9. The maximum Gasteiger partial charge on any atom is 0.123 e. The predicted molar refractivity (Wildman–Crippen MR) is 101 cm³/mol. The molecule has 2 heterocycles. The van der Waals surface area contributed by atoms with Crippen molar-refractivity contribution in [2.45, 2.75) is 45.5 Å². The van der Waals surface area contributed by atoms with Crippen LogP contribution in [0.5, 0.6) is 11.5 Å². The Morgan fingerprint density at radius 1 is 1.35 bits per heavy atom. The fraction of sp³-hybridized carbons (Fsp3) is 0.550. The van der Waals surface area contributed by atoms with Gasteiger partial charge in [-0.3, -0.25) is 4.90 Å². The smallest absolute Gasteiger partial charge is 0.123 e. The lowest BCUT2D eigenvalue weighted by atomic mass is 10.1. The first-order valence-electron chi connectivity index (χ1n) is 9.29. The molecule has 6 nitrogen and oxygen atoms in total. The molecule has 1 aromatic carbocycles.